The van der Waals surface area contributed by atoms with Gasteiger partial charge in [0.2, 0.25) is 0 Å². The molecule has 0 saturated carbocycles. The van der Waals surface area contributed by atoms with Crippen LogP contribution in [0.15, 0.2) is 24.3 Å². The molecule has 0 bridgehead atoms. The third-order valence-electron chi connectivity index (χ3n) is 2.77. The van der Waals surface area contributed by atoms with Crippen molar-refractivity contribution in [2.45, 2.75) is 39.2 Å². The zero-order valence-corrected chi connectivity index (χ0v) is 11.7. The first-order chi connectivity index (χ1) is 7.09. The van der Waals surface area contributed by atoms with E-state index in [1.54, 1.807) is 0 Å². The average molecular weight is 317 g/mol. The molecule has 0 fully saturated rings. The van der Waals surface area contributed by atoms with Gasteiger partial charge in [-0.15, -0.1) is 0 Å². The standard InChI is InChI=1S/C13H20IN/c1-10(2)13(15)5-3-4-11-6-8-12(14)9-7-11/h6-10,13H,3-5,15H2,1-2H3. The van der Waals surface area contributed by atoms with E-state index in [0.29, 0.717) is 12.0 Å². The van der Waals surface area contributed by atoms with Crippen LogP contribution in [-0.4, -0.2) is 6.04 Å². The van der Waals surface area contributed by atoms with Crippen LogP contribution in [0.3, 0.4) is 0 Å². The number of nitrogens with two attached hydrogens (primary N) is 1. The average Bonchev–Trinajstić information content (AvgIpc) is 2.20. The maximum absolute atomic E-state index is 6.00. The molecule has 15 heavy (non-hydrogen) atoms. The monoisotopic (exact) mass is 317 g/mol. The summed E-state index contributed by atoms with van der Waals surface area (Å²) in [4.78, 5) is 0. The molecule has 0 saturated heterocycles. The lowest BCUT2D eigenvalue weighted by molar-refractivity contribution is 0.452. The van der Waals surface area contributed by atoms with E-state index in [9.17, 15) is 0 Å². The first-order valence-corrected chi connectivity index (χ1v) is 6.67. The molecule has 0 aromatic heterocycles. The SMILES string of the molecule is CC(C)C(N)CCCc1ccc(I)cc1. The maximum atomic E-state index is 6.00. The van der Waals surface area contributed by atoms with Gasteiger partial charge in [-0.2, -0.15) is 0 Å². The second-order valence-corrected chi connectivity index (χ2v) is 5.67. The van der Waals surface area contributed by atoms with Crippen molar-refractivity contribution < 1.29 is 0 Å². The summed E-state index contributed by atoms with van der Waals surface area (Å²) in [5.41, 5.74) is 7.43. The second kappa shape index (κ2) is 6.48. The van der Waals surface area contributed by atoms with Crippen molar-refractivity contribution in [3.63, 3.8) is 0 Å². The minimum absolute atomic E-state index is 0.355. The van der Waals surface area contributed by atoms with E-state index in [1.807, 2.05) is 0 Å². The van der Waals surface area contributed by atoms with Crippen molar-refractivity contribution in [2.75, 3.05) is 0 Å². The van der Waals surface area contributed by atoms with E-state index in [-0.39, 0.29) is 0 Å². The van der Waals surface area contributed by atoms with Crippen molar-refractivity contribution in [3.8, 4) is 0 Å². The van der Waals surface area contributed by atoms with Gasteiger partial charge in [-0.05, 0) is 65.5 Å². The highest BCUT2D eigenvalue weighted by Crippen LogP contribution is 2.12. The lowest BCUT2D eigenvalue weighted by Gasteiger charge is -2.14. The molecule has 1 aromatic rings. The van der Waals surface area contributed by atoms with E-state index in [2.05, 4.69) is 60.7 Å². The topological polar surface area (TPSA) is 26.0 Å². The zero-order valence-electron chi connectivity index (χ0n) is 9.54. The molecule has 2 N–H and O–H groups in total. The molecule has 0 amide bonds. The predicted octanol–water partition coefficient (Wildman–Crippen LogP) is 3.60. The lowest BCUT2D eigenvalue weighted by atomic mass is 9.98. The number of hydrogen-bond acceptors (Lipinski definition) is 1. The van der Waals surface area contributed by atoms with Gasteiger partial charge in [-0.3, -0.25) is 0 Å². The summed E-state index contributed by atoms with van der Waals surface area (Å²) in [5.74, 6) is 0.599. The van der Waals surface area contributed by atoms with Crippen molar-refractivity contribution in [3.05, 3.63) is 33.4 Å². The fraction of sp³-hybridized carbons (Fsp3) is 0.538. The molecule has 0 radical (unpaired) electrons. The molecular weight excluding hydrogens is 297 g/mol. The summed E-state index contributed by atoms with van der Waals surface area (Å²) < 4.78 is 1.30. The molecule has 2 heteroatoms. The summed E-state index contributed by atoms with van der Waals surface area (Å²) in [7, 11) is 0. The van der Waals surface area contributed by atoms with Crippen LogP contribution in [0.5, 0.6) is 0 Å². The van der Waals surface area contributed by atoms with Gasteiger partial charge in [0.05, 0.1) is 0 Å². The molecule has 0 aliphatic carbocycles. The van der Waals surface area contributed by atoms with E-state index in [1.165, 1.54) is 15.6 Å². The Kier molecular flexibility index (Phi) is 5.61. The smallest absolute Gasteiger partial charge is 0.0130 e. The van der Waals surface area contributed by atoms with E-state index in [4.69, 9.17) is 5.73 Å². The van der Waals surface area contributed by atoms with Crippen molar-refractivity contribution in [1.29, 1.82) is 0 Å². The first kappa shape index (κ1) is 13.0. The number of aryl methyl sites for hydroxylation is 1. The molecule has 1 nitrogen and oxygen atoms in total. The Morgan fingerprint density at radius 3 is 2.33 bits per heavy atom. The number of halogens is 1. The minimum Gasteiger partial charge on any atom is -0.327 e. The fourth-order valence-corrected chi connectivity index (χ4v) is 1.89. The Morgan fingerprint density at radius 1 is 1.20 bits per heavy atom. The molecule has 1 aromatic carbocycles. The lowest BCUT2D eigenvalue weighted by Crippen LogP contribution is -2.26. The minimum atomic E-state index is 0.355. The summed E-state index contributed by atoms with van der Waals surface area (Å²) in [6, 6.07) is 9.11. The second-order valence-electron chi connectivity index (χ2n) is 4.43. The molecule has 1 atom stereocenters. The summed E-state index contributed by atoms with van der Waals surface area (Å²) >= 11 is 2.33. The molecule has 1 rings (SSSR count). The van der Waals surface area contributed by atoms with E-state index >= 15 is 0 Å². The van der Waals surface area contributed by atoms with Crippen LogP contribution in [0, 0.1) is 9.49 Å². The number of hydrogen-bond donors (Lipinski definition) is 1. The molecule has 84 valence electrons. The molecule has 0 spiro atoms. The Balaban J connectivity index is 2.29. The molecule has 0 aliphatic rings. The third kappa shape index (κ3) is 4.98. The third-order valence-corrected chi connectivity index (χ3v) is 3.49. The molecule has 0 aliphatic heterocycles. The van der Waals surface area contributed by atoms with Crippen molar-refractivity contribution >= 4 is 22.6 Å². The van der Waals surface area contributed by atoms with Gasteiger partial charge in [0, 0.05) is 9.61 Å². The normalized spacial score (nSPS) is 13.1. The maximum Gasteiger partial charge on any atom is 0.0130 e. The number of rotatable bonds is 5. The number of benzene rings is 1. The molecular formula is C13H20IN. The van der Waals surface area contributed by atoms with Crippen molar-refractivity contribution in [2.24, 2.45) is 11.7 Å². The zero-order chi connectivity index (χ0) is 11.3. The largest absolute Gasteiger partial charge is 0.327 e. The molecule has 0 heterocycles. The fourth-order valence-electron chi connectivity index (χ4n) is 1.53. The van der Waals surface area contributed by atoms with Crippen LogP contribution in [0.1, 0.15) is 32.3 Å². The highest BCUT2D eigenvalue weighted by atomic mass is 127. The van der Waals surface area contributed by atoms with E-state index < -0.39 is 0 Å². The molecule has 1 unspecified atom stereocenters. The van der Waals surface area contributed by atoms with Crippen LogP contribution < -0.4 is 5.73 Å². The first-order valence-electron chi connectivity index (χ1n) is 5.59. The summed E-state index contributed by atoms with van der Waals surface area (Å²) in [5, 5.41) is 0. The van der Waals surface area contributed by atoms with Gasteiger partial charge in [0.25, 0.3) is 0 Å². The van der Waals surface area contributed by atoms with Gasteiger partial charge < -0.3 is 5.73 Å². The highest BCUT2D eigenvalue weighted by molar-refractivity contribution is 14.1. The van der Waals surface area contributed by atoms with Crippen LogP contribution in [0.25, 0.3) is 0 Å². The van der Waals surface area contributed by atoms with E-state index in [0.717, 1.165) is 12.8 Å². The highest BCUT2D eigenvalue weighted by Gasteiger charge is 2.06. The van der Waals surface area contributed by atoms with Crippen LogP contribution in [0.2, 0.25) is 0 Å². The Bertz CT molecular complexity index is 279. The van der Waals surface area contributed by atoms with Gasteiger partial charge in [0.15, 0.2) is 0 Å². The Hall–Kier alpha value is -0.0900. The van der Waals surface area contributed by atoms with Gasteiger partial charge >= 0.3 is 0 Å². The van der Waals surface area contributed by atoms with Gasteiger partial charge in [-0.1, -0.05) is 26.0 Å². The van der Waals surface area contributed by atoms with Gasteiger partial charge in [-0.25, -0.2) is 0 Å². The van der Waals surface area contributed by atoms with Crippen LogP contribution in [-0.2, 0) is 6.42 Å². The summed E-state index contributed by atoms with van der Waals surface area (Å²) in [6.45, 7) is 4.38. The Labute approximate surface area is 107 Å². The Morgan fingerprint density at radius 2 is 1.80 bits per heavy atom. The predicted molar refractivity (Wildman–Crippen MR) is 74.9 cm³/mol. The quantitative estimate of drug-likeness (QED) is 0.825. The van der Waals surface area contributed by atoms with Crippen LogP contribution >= 0.6 is 22.6 Å². The van der Waals surface area contributed by atoms with Crippen molar-refractivity contribution in [1.82, 2.24) is 0 Å². The van der Waals surface area contributed by atoms with Gasteiger partial charge in [0.1, 0.15) is 0 Å². The van der Waals surface area contributed by atoms with Crippen LogP contribution in [0.4, 0.5) is 0 Å². The summed E-state index contributed by atoms with van der Waals surface area (Å²) in [6.07, 6.45) is 3.47.